The van der Waals surface area contributed by atoms with Crippen LogP contribution in [-0.2, 0) is 0 Å². The number of alkyl halides is 1. The maximum absolute atomic E-state index is 13.0. The summed E-state index contributed by atoms with van der Waals surface area (Å²) in [6.45, 7) is 4.41. The number of nitrogens with one attached hydrogen (secondary N) is 1. The van der Waals surface area contributed by atoms with Crippen molar-refractivity contribution in [2.24, 2.45) is 5.92 Å². The fourth-order valence-electron chi connectivity index (χ4n) is 2.39. The first-order chi connectivity index (χ1) is 8.56. The van der Waals surface area contributed by atoms with Gasteiger partial charge in [-0.15, -0.1) is 11.3 Å². The molecule has 1 saturated carbocycles. The summed E-state index contributed by atoms with van der Waals surface area (Å²) < 4.78 is 13.0. The zero-order valence-corrected chi connectivity index (χ0v) is 11.6. The number of halogens is 1. The minimum atomic E-state index is -0.636. The number of carbonyl (C=O) groups excluding carboxylic acids is 1. The zero-order valence-electron chi connectivity index (χ0n) is 10.8. The molecular formula is C13H19FN2OS. The highest BCUT2D eigenvalue weighted by molar-refractivity contribution is 7.13. The molecule has 1 aliphatic rings. The second-order valence-corrected chi connectivity index (χ2v) is 6.18. The number of hydrogen-bond donors (Lipinski definition) is 1. The van der Waals surface area contributed by atoms with Gasteiger partial charge in [0.2, 0.25) is 0 Å². The Morgan fingerprint density at radius 2 is 2.06 bits per heavy atom. The molecule has 1 aliphatic carbocycles. The smallest absolute Gasteiger partial charge is 0.263 e. The van der Waals surface area contributed by atoms with Crippen molar-refractivity contribution >= 4 is 17.2 Å². The Balaban J connectivity index is 1.83. The molecule has 1 aromatic heterocycles. The van der Waals surface area contributed by atoms with Gasteiger partial charge in [-0.1, -0.05) is 0 Å². The predicted molar refractivity (Wildman–Crippen MR) is 70.8 cm³/mol. The Bertz CT molecular complexity index is 425. The Hall–Kier alpha value is -0.970. The van der Waals surface area contributed by atoms with Crippen LogP contribution in [0, 0.1) is 19.8 Å². The van der Waals surface area contributed by atoms with Crippen LogP contribution in [0.15, 0.2) is 0 Å². The fourth-order valence-corrected chi connectivity index (χ4v) is 3.22. The summed E-state index contributed by atoms with van der Waals surface area (Å²) in [6.07, 6.45) is 2.39. The third kappa shape index (κ3) is 3.28. The molecule has 18 heavy (non-hydrogen) atoms. The summed E-state index contributed by atoms with van der Waals surface area (Å²) in [7, 11) is 0. The number of carbonyl (C=O) groups is 1. The van der Waals surface area contributed by atoms with Crippen molar-refractivity contribution in [3.8, 4) is 0 Å². The van der Waals surface area contributed by atoms with Crippen molar-refractivity contribution in [3.05, 3.63) is 15.6 Å². The molecule has 100 valence electrons. The van der Waals surface area contributed by atoms with E-state index in [-0.39, 0.29) is 5.91 Å². The lowest BCUT2D eigenvalue weighted by atomic mass is 9.88. The average Bonchev–Trinajstić information content (AvgIpc) is 2.67. The molecule has 0 aliphatic heterocycles. The van der Waals surface area contributed by atoms with Gasteiger partial charge in [0.15, 0.2) is 0 Å². The first kappa shape index (κ1) is 13.5. The van der Waals surface area contributed by atoms with Crippen LogP contribution in [0.1, 0.15) is 46.1 Å². The molecule has 3 nitrogen and oxygen atoms in total. The van der Waals surface area contributed by atoms with Gasteiger partial charge in [-0.05, 0) is 45.4 Å². The maximum atomic E-state index is 13.0. The highest BCUT2D eigenvalue weighted by Gasteiger charge is 2.21. The van der Waals surface area contributed by atoms with Crippen molar-refractivity contribution in [2.45, 2.75) is 45.7 Å². The van der Waals surface area contributed by atoms with E-state index in [9.17, 15) is 9.18 Å². The third-order valence-electron chi connectivity index (χ3n) is 3.44. The van der Waals surface area contributed by atoms with Gasteiger partial charge in [0.1, 0.15) is 11.0 Å². The molecule has 0 radical (unpaired) electrons. The summed E-state index contributed by atoms with van der Waals surface area (Å²) in [5, 5.41) is 3.86. The second kappa shape index (κ2) is 5.78. The van der Waals surface area contributed by atoms with Crippen LogP contribution >= 0.6 is 11.3 Å². The molecule has 0 bridgehead atoms. The quantitative estimate of drug-likeness (QED) is 0.917. The van der Waals surface area contributed by atoms with Crippen molar-refractivity contribution < 1.29 is 9.18 Å². The Labute approximate surface area is 111 Å². The lowest BCUT2D eigenvalue weighted by Crippen LogP contribution is -2.31. The molecule has 1 aromatic rings. The number of aryl methyl sites for hydroxylation is 2. The molecule has 1 amide bonds. The number of hydrogen-bond acceptors (Lipinski definition) is 3. The van der Waals surface area contributed by atoms with E-state index < -0.39 is 6.17 Å². The number of amides is 1. The summed E-state index contributed by atoms with van der Waals surface area (Å²) >= 11 is 1.43. The van der Waals surface area contributed by atoms with E-state index in [1.165, 1.54) is 11.3 Å². The topological polar surface area (TPSA) is 42.0 Å². The minimum Gasteiger partial charge on any atom is -0.351 e. The van der Waals surface area contributed by atoms with E-state index in [0.717, 1.165) is 23.5 Å². The first-order valence-electron chi connectivity index (χ1n) is 6.42. The lowest BCUT2D eigenvalue weighted by molar-refractivity contribution is 0.0943. The lowest BCUT2D eigenvalue weighted by Gasteiger charge is -2.24. The van der Waals surface area contributed by atoms with E-state index in [4.69, 9.17) is 0 Å². The summed E-state index contributed by atoms with van der Waals surface area (Å²) in [5.41, 5.74) is 0.794. The first-order valence-corrected chi connectivity index (χ1v) is 7.24. The number of rotatable bonds is 3. The normalized spacial score (nSPS) is 23.9. The molecule has 0 aromatic carbocycles. The summed E-state index contributed by atoms with van der Waals surface area (Å²) in [4.78, 5) is 16.9. The van der Waals surface area contributed by atoms with Crippen LogP contribution in [0.5, 0.6) is 0 Å². The van der Waals surface area contributed by atoms with Crippen molar-refractivity contribution in [1.29, 1.82) is 0 Å². The molecule has 0 saturated heterocycles. The van der Waals surface area contributed by atoms with E-state index >= 15 is 0 Å². The van der Waals surface area contributed by atoms with Gasteiger partial charge < -0.3 is 5.32 Å². The van der Waals surface area contributed by atoms with Gasteiger partial charge in [0, 0.05) is 6.54 Å². The van der Waals surface area contributed by atoms with Gasteiger partial charge in [-0.2, -0.15) is 0 Å². The Morgan fingerprint density at radius 3 is 2.61 bits per heavy atom. The minimum absolute atomic E-state index is 0.0412. The van der Waals surface area contributed by atoms with Crippen LogP contribution in [0.3, 0.4) is 0 Å². The largest absolute Gasteiger partial charge is 0.351 e. The summed E-state index contributed by atoms with van der Waals surface area (Å²) in [6, 6.07) is 0. The van der Waals surface area contributed by atoms with E-state index in [0.29, 0.717) is 30.2 Å². The predicted octanol–water partition coefficient (Wildman–Crippen LogP) is 3.02. The van der Waals surface area contributed by atoms with E-state index in [1.807, 2.05) is 13.8 Å². The molecule has 1 heterocycles. The zero-order chi connectivity index (χ0) is 13.1. The number of thiazole rings is 1. The van der Waals surface area contributed by atoms with Crippen molar-refractivity contribution in [3.63, 3.8) is 0 Å². The van der Waals surface area contributed by atoms with Crippen molar-refractivity contribution in [2.75, 3.05) is 6.54 Å². The Morgan fingerprint density at radius 1 is 1.39 bits per heavy atom. The molecule has 1 N–H and O–H groups in total. The van der Waals surface area contributed by atoms with Crippen LogP contribution in [-0.4, -0.2) is 23.6 Å². The SMILES string of the molecule is Cc1nc(C)c(C(=O)NCC2CCC(F)CC2)s1. The average molecular weight is 270 g/mol. The van der Waals surface area contributed by atoms with Gasteiger partial charge in [0.25, 0.3) is 5.91 Å². The maximum Gasteiger partial charge on any atom is 0.263 e. The molecule has 1 fully saturated rings. The molecule has 0 unspecified atom stereocenters. The molecule has 5 heteroatoms. The molecule has 2 rings (SSSR count). The van der Waals surface area contributed by atoms with Gasteiger partial charge >= 0.3 is 0 Å². The Kier molecular flexibility index (Phi) is 4.32. The standard InChI is InChI=1S/C13H19FN2OS/c1-8-12(18-9(2)16-8)13(17)15-7-10-3-5-11(14)6-4-10/h10-11H,3-7H2,1-2H3,(H,15,17). The monoisotopic (exact) mass is 270 g/mol. The van der Waals surface area contributed by atoms with Gasteiger partial charge in [-0.25, -0.2) is 9.37 Å². The van der Waals surface area contributed by atoms with E-state index in [1.54, 1.807) is 0 Å². The van der Waals surface area contributed by atoms with Crippen LogP contribution < -0.4 is 5.32 Å². The molecule has 0 spiro atoms. The fraction of sp³-hybridized carbons (Fsp3) is 0.692. The van der Waals surface area contributed by atoms with Gasteiger partial charge in [-0.3, -0.25) is 4.79 Å². The van der Waals surface area contributed by atoms with Crippen molar-refractivity contribution in [1.82, 2.24) is 10.3 Å². The molecule has 0 atom stereocenters. The highest BCUT2D eigenvalue weighted by atomic mass is 32.1. The summed E-state index contributed by atoms with van der Waals surface area (Å²) in [5.74, 6) is 0.385. The van der Waals surface area contributed by atoms with Crippen LogP contribution in [0.4, 0.5) is 4.39 Å². The number of aromatic nitrogens is 1. The van der Waals surface area contributed by atoms with Crippen LogP contribution in [0.25, 0.3) is 0 Å². The highest BCUT2D eigenvalue weighted by Crippen LogP contribution is 2.25. The van der Waals surface area contributed by atoms with Gasteiger partial charge in [0.05, 0.1) is 10.7 Å². The number of nitrogens with zero attached hydrogens (tertiary/aromatic N) is 1. The van der Waals surface area contributed by atoms with E-state index in [2.05, 4.69) is 10.3 Å². The molecular weight excluding hydrogens is 251 g/mol. The third-order valence-corrected chi connectivity index (χ3v) is 4.51. The second-order valence-electron chi connectivity index (χ2n) is 4.98. The van der Waals surface area contributed by atoms with Crippen LogP contribution in [0.2, 0.25) is 0 Å².